The molecule has 0 saturated carbocycles. The SMILES string of the molecule is NCCc1nnc(-c2cc(Cl)ccc2F)o1. The molecule has 0 aliphatic rings. The maximum atomic E-state index is 13.4. The molecule has 16 heavy (non-hydrogen) atoms. The van der Waals surface area contributed by atoms with Crippen LogP contribution in [0.1, 0.15) is 5.89 Å². The monoisotopic (exact) mass is 241 g/mol. The average molecular weight is 242 g/mol. The highest BCUT2D eigenvalue weighted by Crippen LogP contribution is 2.24. The van der Waals surface area contributed by atoms with E-state index in [9.17, 15) is 4.39 Å². The van der Waals surface area contributed by atoms with E-state index in [1.54, 1.807) is 0 Å². The molecule has 1 aromatic carbocycles. The van der Waals surface area contributed by atoms with Gasteiger partial charge in [-0.3, -0.25) is 0 Å². The number of nitrogens with zero attached hydrogens (tertiary/aromatic N) is 2. The number of hydrogen-bond donors (Lipinski definition) is 1. The second-order valence-electron chi connectivity index (χ2n) is 3.16. The number of nitrogens with two attached hydrogens (primary N) is 1. The summed E-state index contributed by atoms with van der Waals surface area (Å²) in [6.07, 6.45) is 0.467. The fourth-order valence-corrected chi connectivity index (χ4v) is 1.42. The summed E-state index contributed by atoms with van der Waals surface area (Å²) in [4.78, 5) is 0. The minimum Gasteiger partial charge on any atom is -0.421 e. The van der Waals surface area contributed by atoms with Crippen LogP contribution in [0.3, 0.4) is 0 Å². The predicted molar refractivity (Wildman–Crippen MR) is 57.5 cm³/mol. The molecule has 1 heterocycles. The first-order valence-electron chi connectivity index (χ1n) is 4.68. The topological polar surface area (TPSA) is 64.9 Å². The zero-order chi connectivity index (χ0) is 11.5. The van der Waals surface area contributed by atoms with Gasteiger partial charge in [-0.25, -0.2) is 4.39 Å². The third-order valence-corrected chi connectivity index (χ3v) is 2.22. The summed E-state index contributed by atoms with van der Waals surface area (Å²) in [6, 6.07) is 4.15. The fourth-order valence-electron chi connectivity index (χ4n) is 1.25. The van der Waals surface area contributed by atoms with Gasteiger partial charge in [0, 0.05) is 18.0 Å². The van der Waals surface area contributed by atoms with Crippen molar-refractivity contribution in [1.82, 2.24) is 10.2 Å². The van der Waals surface area contributed by atoms with Crippen molar-refractivity contribution in [3.8, 4) is 11.5 Å². The Kier molecular flexibility index (Phi) is 3.17. The van der Waals surface area contributed by atoms with Gasteiger partial charge < -0.3 is 10.2 Å². The quantitative estimate of drug-likeness (QED) is 0.893. The number of rotatable bonds is 3. The summed E-state index contributed by atoms with van der Waals surface area (Å²) in [5.41, 5.74) is 5.54. The average Bonchev–Trinajstić information content (AvgIpc) is 2.71. The molecule has 0 bridgehead atoms. The standard InChI is InChI=1S/C10H9ClFN3O/c11-6-1-2-8(12)7(5-6)10-15-14-9(16-10)3-4-13/h1-2,5H,3-4,13H2. The molecule has 84 valence electrons. The summed E-state index contributed by atoms with van der Waals surface area (Å²) < 4.78 is 18.7. The molecule has 0 aliphatic carbocycles. The Hall–Kier alpha value is -1.46. The van der Waals surface area contributed by atoms with E-state index in [1.807, 2.05) is 0 Å². The highest BCUT2D eigenvalue weighted by atomic mass is 35.5. The summed E-state index contributed by atoms with van der Waals surface area (Å²) in [6.45, 7) is 0.402. The van der Waals surface area contributed by atoms with Crippen LogP contribution in [0.25, 0.3) is 11.5 Å². The Morgan fingerprint density at radius 3 is 2.94 bits per heavy atom. The number of benzene rings is 1. The minimum atomic E-state index is -0.452. The maximum absolute atomic E-state index is 13.4. The molecule has 0 radical (unpaired) electrons. The van der Waals surface area contributed by atoms with Gasteiger partial charge in [0.15, 0.2) is 0 Å². The first-order valence-corrected chi connectivity index (χ1v) is 5.06. The normalized spacial score (nSPS) is 10.7. The van der Waals surface area contributed by atoms with Gasteiger partial charge in [-0.1, -0.05) is 11.6 Å². The van der Waals surface area contributed by atoms with E-state index in [4.69, 9.17) is 21.8 Å². The van der Waals surface area contributed by atoms with Crippen molar-refractivity contribution in [2.75, 3.05) is 6.54 Å². The van der Waals surface area contributed by atoms with Gasteiger partial charge in [0.05, 0.1) is 5.56 Å². The molecule has 2 N–H and O–H groups in total. The van der Waals surface area contributed by atoms with Gasteiger partial charge in [-0.05, 0) is 18.2 Å². The maximum Gasteiger partial charge on any atom is 0.250 e. The molecule has 0 spiro atoms. The van der Waals surface area contributed by atoms with Crippen LogP contribution in [0.2, 0.25) is 5.02 Å². The predicted octanol–water partition coefficient (Wildman–Crippen LogP) is 2.03. The van der Waals surface area contributed by atoms with Gasteiger partial charge in [0.2, 0.25) is 5.89 Å². The smallest absolute Gasteiger partial charge is 0.250 e. The van der Waals surface area contributed by atoms with Crippen LogP contribution in [-0.4, -0.2) is 16.7 Å². The van der Waals surface area contributed by atoms with Crippen LogP contribution in [-0.2, 0) is 6.42 Å². The Labute approximate surface area is 96.2 Å². The third-order valence-electron chi connectivity index (χ3n) is 1.98. The van der Waals surface area contributed by atoms with Crippen molar-refractivity contribution in [2.45, 2.75) is 6.42 Å². The molecule has 2 aromatic rings. The molecular weight excluding hydrogens is 233 g/mol. The molecular formula is C10H9ClFN3O. The third kappa shape index (κ3) is 2.20. The molecule has 2 rings (SSSR count). The van der Waals surface area contributed by atoms with E-state index in [0.717, 1.165) is 0 Å². The van der Waals surface area contributed by atoms with E-state index in [-0.39, 0.29) is 11.5 Å². The van der Waals surface area contributed by atoms with Crippen molar-refractivity contribution < 1.29 is 8.81 Å². The summed E-state index contributed by atoms with van der Waals surface area (Å²) in [5, 5.41) is 7.89. The van der Waals surface area contributed by atoms with E-state index < -0.39 is 5.82 Å². The van der Waals surface area contributed by atoms with Crippen LogP contribution >= 0.6 is 11.6 Å². The van der Waals surface area contributed by atoms with Gasteiger partial charge in [-0.15, -0.1) is 10.2 Å². The van der Waals surface area contributed by atoms with Crippen molar-refractivity contribution in [1.29, 1.82) is 0 Å². The zero-order valence-electron chi connectivity index (χ0n) is 8.28. The summed E-state index contributed by atoms with van der Waals surface area (Å²) >= 11 is 5.76. The molecule has 0 saturated heterocycles. The van der Waals surface area contributed by atoms with E-state index in [1.165, 1.54) is 18.2 Å². The highest BCUT2D eigenvalue weighted by molar-refractivity contribution is 6.30. The first kappa shape index (κ1) is 11.0. The van der Waals surface area contributed by atoms with E-state index >= 15 is 0 Å². The zero-order valence-corrected chi connectivity index (χ0v) is 9.04. The number of aromatic nitrogens is 2. The highest BCUT2D eigenvalue weighted by Gasteiger charge is 2.13. The van der Waals surface area contributed by atoms with Crippen molar-refractivity contribution in [3.63, 3.8) is 0 Å². The molecule has 0 fully saturated rings. The molecule has 0 amide bonds. The Morgan fingerprint density at radius 2 is 2.19 bits per heavy atom. The van der Waals surface area contributed by atoms with E-state index in [2.05, 4.69) is 10.2 Å². The van der Waals surface area contributed by atoms with Gasteiger partial charge in [0.25, 0.3) is 5.89 Å². The molecule has 6 heteroatoms. The Bertz CT molecular complexity index is 501. The van der Waals surface area contributed by atoms with E-state index in [0.29, 0.717) is 23.9 Å². The lowest BCUT2D eigenvalue weighted by molar-refractivity contribution is 0.503. The molecule has 0 aliphatic heterocycles. The molecule has 4 nitrogen and oxygen atoms in total. The lowest BCUT2D eigenvalue weighted by atomic mass is 10.2. The van der Waals surface area contributed by atoms with Gasteiger partial charge in [0.1, 0.15) is 5.82 Å². The number of hydrogen-bond acceptors (Lipinski definition) is 4. The summed E-state index contributed by atoms with van der Waals surface area (Å²) in [5.74, 6) is 0.0488. The fraction of sp³-hybridized carbons (Fsp3) is 0.200. The largest absolute Gasteiger partial charge is 0.421 e. The molecule has 0 unspecified atom stereocenters. The van der Waals surface area contributed by atoms with Crippen LogP contribution < -0.4 is 5.73 Å². The lowest BCUT2D eigenvalue weighted by Crippen LogP contribution is -2.02. The van der Waals surface area contributed by atoms with Crippen LogP contribution in [0, 0.1) is 5.82 Å². The number of halogens is 2. The van der Waals surface area contributed by atoms with Crippen LogP contribution in [0.5, 0.6) is 0 Å². The van der Waals surface area contributed by atoms with Crippen LogP contribution in [0.4, 0.5) is 4.39 Å². The lowest BCUT2D eigenvalue weighted by Gasteiger charge is -1.97. The first-order chi connectivity index (χ1) is 7.70. The van der Waals surface area contributed by atoms with Gasteiger partial charge >= 0.3 is 0 Å². The molecule has 1 aromatic heterocycles. The van der Waals surface area contributed by atoms with Crippen molar-refractivity contribution in [2.24, 2.45) is 5.73 Å². The Morgan fingerprint density at radius 1 is 1.38 bits per heavy atom. The van der Waals surface area contributed by atoms with Crippen molar-refractivity contribution >= 4 is 11.6 Å². The Balaban J connectivity index is 2.38. The molecule has 0 atom stereocenters. The minimum absolute atomic E-state index is 0.114. The van der Waals surface area contributed by atoms with Gasteiger partial charge in [-0.2, -0.15) is 0 Å². The van der Waals surface area contributed by atoms with Crippen molar-refractivity contribution in [3.05, 3.63) is 34.9 Å². The summed E-state index contributed by atoms with van der Waals surface area (Å²) in [7, 11) is 0. The second-order valence-corrected chi connectivity index (χ2v) is 3.60. The van der Waals surface area contributed by atoms with Crippen LogP contribution in [0.15, 0.2) is 22.6 Å². The second kappa shape index (κ2) is 4.59.